The maximum atomic E-state index is 11.8. The molecule has 0 bridgehead atoms. The number of carbonyl (C=O) groups excluding carboxylic acids is 1. The molecule has 1 N–H and O–H groups in total. The highest BCUT2D eigenvalue weighted by atomic mass is 16.5. The minimum Gasteiger partial charge on any atom is -0.461 e. The van der Waals surface area contributed by atoms with Crippen LogP contribution in [0.15, 0.2) is 42.5 Å². The summed E-state index contributed by atoms with van der Waals surface area (Å²) in [6, 6.07) is 12.4. The fourth-order valence-corrected chi connectivity index (χ4v) is 2.96. The van der Waals surface area contributed by atoms with E-state index < -0.39 is 0 Å². The second kappa shape index (κ2) is 6.65. The van der Waals surface area contributed by atoms with Crippen molar-refractivity contribution >= 4 is 11.5 Å². The van der Waals surface area contributed by atoms with E-state index in [0.29, 0.717) is 12.3 Å². The summed E-state index contributed by atoms with van der Waals surface area (Å²) in [5, 5.41) is 0. The van der Waals surface area contributed by atoms with Gasteiger partial charge in [0.05, 0.1) is 6.61 Å². The minimum absolute atomic E-state index is 0.263. The molecule has 0 aliphatic heterocycles. The van der Waals surface area contributed by atoms with Gasteiger partial charge >= 0.3 is 5.97 Å². The third-order valence-electron chi connectivity index (χ3n) is 4.05. The Morgan fingerprint density at radius 1 is 1.27 bits per heavy atom. The summed E-state index contributed by atoms with van der Waals surface area (Å²) in [5.41, 5.74) is 5.60. The molecule has 3 nitrogen and oxygen atoms in total. The number of H-pyrrole nitrogens is 1. The lowest BCUT2D eigenvalue weighted by molar-refractivity contribution is 0.0520. The van der Waals surface area contributed by atoms with Crippen LogP contribution < -0.4 is 0 Å². The molecule has 3 heteroatoms. The van der Waals surface area contributed by atoms with Crippen molar-refractivity contribution in [3.63, 3.8) is 0 Å². The van der Waals surface area contributed by atoms with Gasteiger partial charge in [0.15, 0.2) is 0 Å². The van der Waals surface area contributed by atoms with Gasteiger partial charge in [-0.15, -0.1) is 0 Å². The predicted molar refractivity (Wildman–Crippen MR) is 87.8 cm³/mol. The number of aromatic amines is 1. The van der Waals surface area contributed by atoms with Crippen LogP contribution in [-0.4, -0.2) is 17.6 Å². The van der Waals surface area contributed by atoms with Crippen molar-refractivity contribution in [2.24, 2.45) is 0 Å². The number of ether oxygens (including phenoxy) is 1. The van der Waals surface area contributed by atoms with Gasteiger partial charge in [-0.25, -0.2) is 4.79 Å². The van der Waals surface area contributed by atoms with Gasteiger partial charge in [-0.3, -0.25) is 0 Å². The maximum Gasteiger partial charge on any atom is 0.354 e. The van der Waals surface area contributed by atoms with Gasteiger partial charge in [0, 0.05) is 5.69 Å². The predicted octanol–water partition coefficient (Wildman–Crippen LogP) is 4.15. The quantitative estimate of drug-likeness (QED) is 0.842. The van der Waals surface area contributed by atoms with E-state index in [4.69, 9.17) is 4.74 Å². The number of allylic oxidation sites excluding steroid dienone is 2. The molecule has 3 rings (SSSR count). The summed E-state index contributed by atoms with van der Waals surface area (Å²) >= 11 is 0. The zero-order chi connectivity index (χ0) is 15.4. The van der Waals surface area contributed by atoms with Crippen LogP contribution in [0.3, 0.4) is 0 Å². The van der Waals surface area contributed by atoms with E-state index >= 15 is 0 Å². The minimum atomic E-state index is -0.263. The van der Waals surface area contributed by atoms with Crippen molar-refractivity contribution in [2.75, 3.05) is 6.61 Å². The first-order valence-corrected chi connectivity index (χ1v) is 7.90. The first kappa shape index (κ1) is 14.6. The van der Waals surface area contributed by atoms with E-state index in [1.165, 1.54) is 16.7 Å². The monoisotopic (exact) mass is 295 g/mol. The number of hydrogen-bond acceptors (Lipinski definition) is 2. The van der Waals surface area contributed by atoms with Crippen LogP contribution in [0.25, 0.3) is 5.57 Å². The normalized spacial score (nSPS) is 15.0. The molecule has 1 aliphatic rings. The molecule has 2 aromatic rings. The lowest BCUT2D eigenvalue weighted by atomic mass is 10.1. The number of carbonyl (C=O) groups is 1. The summed E-state index contributed by atoms with van der Waals surface area (Å²) in [5.74, 6) is -0.263. The molecule has 1 aromatic heterocycles. The van der Waals surface area contributed by atoms with Crippen LogP contribution in [-0.2, 0) is 17.6 Å². The Bertz CT molecular complexity index is 683. The molecular formula is C19H21NO2. The van der Waals surface area contributed by atoms with E-state index in [9.17, 15) is 4.79 Å². The van der Waals surface area contributed by atoms with Crippen molar-refractivity contribution in [3.8, 4) is 0 Å². The number of fused-ring (bicyclic) bond motifs is 1. The molecule has 1 aromatic carbocycles. The summed E-state index contributed by atoms with van der Waals surface area (Å²) < 4.78 is 5.05. The molecule has 0 saturated carbocycles. The molecule has 0 atom stereocenters. The van der Waals surface area contributed by atoms with Gasteiger partial charge < -0.3 is 9.72 Å². The van der Waals surface area contributed by atoms with Gasteiger partial charge in [-0.1, -0.05) is 36.4 Å². The highest BCUT2D eigenvalue weighted by Crippen LogP contribution is 2.32. The standard InChI is InChI=1S/C19H21NO2/c1-2-22-19(21)17-13-16-12-11-15(18(16)20-17)10-6-9-14-7-4-3-5-8-14/h3-5,7-8,10,13,20H,2,6,9,11-12H2,1H3/b15-10-. The van der Waals surface area contributed by atoms with Crippen molar-refractivity contribution in [1.29, 1.82) is 0 Å². The average Bonchev–Trinajstić information content (AvgIpc) is 3.10. The van der Waals surface area contributed by atoms with E-state index in [0.717, 1.165) is 31.4 Å². The zero-order valence-electron chi connectivity index (χ0n) is 12.9. The fourth-order valence-electron chi connectivity index (χ4n) is 2.96. The number of benzene rings is 1. The van der Waals surface area contributed by atoms with Crippen molar-refractivity contribution in [1.82, 2.24) is 4.98 Å². The number of nitrogens with one attached hydrogen (secondary N) is 1. The first-order valence-electron chi connectivity index (χ1n) is 7.90. The summed E-state index contributed by atoms with van der Waals surface area (Å²) in [6.45, 7) is 2.23. The van der Waals surface area contributed by atoms with Crippen LogP contribution in [0.1, 0.15) is 47.1 Å². The number of esters is 1. The highest BCUT2D eigenvalue weighted by Gasteiger charge is 2.21. The van der Waals surface area contributed by atoms with Gasteiger partial charge in [-0.2, -0.15) is 0 Å². The molecule has 1 heterocycles. The molecule has 0 saturated heterocycles. The van der Waals surface area contributed by atoms with E-state index in [-0.39, 0.29) is 5.97 Å². The van der Waals surface area contributed by atoms with Gasteiger partial charge in [0.2, 0.25) is 0 Å². The molecular weight excluding hydrogens is 274 g/mol. The Morgan fingerprint density at radius 3 is 2.86 bits per heavy atom. The van der Waals surface area contributed by atoms with E-state index in [2.05, 4.69) is 35.3 Å². The van der Waals surface area contributed by atoms with Gasteiger partial charge in [-0.05, 0) is 55.4 Å². The molecule has 0 unspecified atom stereocenters. The molecule has 0 amide bonds. The topological polar surface area (TPSA) is 42.1 Å². The van der Waals surface area contributed by atoms with Crippen LogP contribution in [0.2, 0.25) is 0 Å². The third-order valence-corrected chi connectivity index (χ3v) is 4.05. The number of aromatic nitrogens is 1. The van der Waals surface area contributed by atoms with Crippen molar-refractivity contribution in [3.05, 3.63) is 65.0 Å². The zero-order valence-corrected chi connectivity index (χ0v) is 12.9. The molecule has 0 fully saturated rings. The SMILES string of the molecule is CCOC(=O)c1cc2c([nH]1)/C(=C\CCc1ccccc1)CC2. The highest BCUT2D eigenvalue weighted by molar-refractivity contribution is 5.89. The second-order valence-electron chi connectivity index (χ2n) is 5.56. The molecule has 22 heavy (non-hydrogen) atoms. The number of rotatable bonds is 5. The van der Waals surface area contributed by atoms with E-state index in [1.54, 1.807) is 0 Å². The second-order valence-corrected chi connectivity index (χ2v) is 5.56. The lowest BCUT2D eigenvalue weighted by Gasteiger charge is -2.01. The Morgan fingerprint density at radius 2 is 2.09 bits per heavy atom. The largest absolute Gasteiger partial charge is 0.461 e. The van der Waals surface area contributed by atoms with Crippen LogP contribution in [0.5, 0.6) is 0 Å². The molecule has 0 spiro atoms. The van der Waals surface area contributed by atoms with E-state index in [1.807, 2.05) is 19.1 Å². The fraction of sp³-hybridized carbons (Fsp3) is 0.316. The summed E-state index contributed by atoms with van der Waals surface area (Å²) in [4.78, 5) is 15.0. The average molecular weight is 295 g/mol. The first-order chi connectivity index (χ1) is 10.8. The molecule has 114 valence electrons. The van der Waals surface area contributed by atoms with Crippen LogP contribution in [0, 0.1) is 0 Å². The summed E-state index contributed by atoms with van der Waals surface area (Å²) in [6.07, 6.45) is 6.42. The maximum absolute atomic E-state index is 11.8. The molecule has 1 aliphatic carbocycles. The third kappa shape index (κ3) is 3.14. The lowest BCUT2D eigenvalue weighted by Crippen LogP contribution is -2.05. The number of hydrogen-bond donors (Lipinski definition) is 1. The smallest absolute Gasteiger partial charge is 0.354 e. The Kier molecular flexibility index (Phi) is 4.42. The summed E-state index contributed by atoms with van der Waals surface area (Å²) in [7, 11) is 0. The van der Waals surface area contributed by atoms with Gasteiger partial charge in [0.25, 0.3) is 0 Å². The number of aryl methyl sites for hydroxylation is 2. The van der Waals surface area contributed by atoms with Gasteiger partial charge in [0.1, 0.15) is 5.69 Å². The van der Waals surface area contributed by atoms with Crippen LogP contribution >= 0.6 is 0 Å². The Labute approximate surface area is 131 Å². The Balaban J connectivity index is 1.68. The van der Waals surface area contributed by atoms with Crippen molar-refractivity contribution in [2.45, 2.75) is 32.6 Å². The van der Waals surface area contributed by atoms with Crippen molar-refractivity contribution < 1.29 is 9.53 Å². The molecule has 0 radical (unpaired) electrons. The van der Waals surface area contributed by atoms with Crippen LogP contribution in [0.4, 0.5) is 0 Å². The Hall–Kier alpha value is -2.29.